The summed E-state index contributed by atoms with van der Waals surface area (Å²) < 4.78 is 0. The molecular weight excluding hydrogens is 262 g/mol. The summed E-state index contributed by atoms with van der Waals surface area (Å²) >= 11 is 4.11. The first kappa shape index (κ1) is 24.5. The van der Waals surface area contributed by atoms with Crippen LogP contribution in [0.1, 0.15) is 61.5 Å². The Bertz CT molecular complexity index is 262. The first-order valence-corrected chi connectivity index (χ1v) is 8.06. The maximum absolute atomic E-state index is 4.11. The maximum atomic E-state index is 4.11. The van der Waals surface area contributed by atoms with Crippen molar-refractivity contribution in [3.05, 3.63) is 35.9 Å². The highest BCUT2D eigenvalue weighted by Gasteiger charge is 2.08. The Hall–Kier alpha value is -0.470. The summed E-state index contributed by atoms with van der Waals surface area (Å²) in [4.78, 5) is 2.46. The fourth-order valence-corrected chi connectivity index (χ4v) is 2.12. The topological polar surface area (TPSA) is 3.24 Å². The molecule has 0 unspecified atom stereocenters. The van der Waals surface area contributed by atoms with E-state index in [0.29, 0.717) is 12.1 Å². The van der Waals surface area contributed by atoms with Gasteiger partial charge in [0.15, 0.2) is 0 Å². The van der Waals surface area contributed by atoms with Crippen LogP contribution in [0.4, 0.5) is 0 Å². The van der Waals surface area contributed by atoms with Gasteiger partial charge in [0.2, 0.25) is 0 Å². The predicted molar refractivity (Wildman–Crippen MR) is 99.9 cm³/mol. The van der Waals surface area contributed by atoms with Crippen molar-refractivity contribution in [1.82, 2.24) is 4.90 Å². The second kappa shape index (κ2) is 16.6. The van der Waals surface area contributed by atoms with Gasteiger partial charge in [0.05, 0.1) is 0 Å². The molecule has 1 nitrogen and oxygen atoms in total. The minimum Gasteiger partial charge on any atom is -0.299 e. The van der Waals surface area contributed by atoms with Crippen molar-refractivity contribution in [1.29, 1.82) is 0 Å². The minimum absolute atomic E-state index is 0. The van der Waals surface area contributed by atoms with Gasteiger partial charge in [0.25, 0.3) is 0 Å². The van der Waals surface area contributed by atoms with Gasteiger partial charge < -0.3 is 0 Å². The Morgan fingerprint density at radius 2 is 1.35 bits per heavy atom. The molecule has 0 spiro atoms. The van der Waals surface area contributed by atoms with Gasteiger partial charge in [-0.15, -0.1) is 0 Å². The third-order valence-electron chi connectivity index (χ3n) is 2.72. The van der Waals surface area contributed by atoms with Crippen LogP contribution in [0.5, 0.6) is 0 Å². The van der Waals surface area contributed by atoms with Crippen LogP contribution >= 0.6 is 12.6 Å². The summed E-state index contributed by atoms with van der Waals surface area (Å²) in [5.41, 5.74) is 1.27. The van der Waals surface area contributed by atoms with Crippen molar-refractivity contribution >= 4 is 12.6 Å². The fourth-order valence-electron chi connectivity index (χ4n) is 1.91. The van der Waals surface area contributed by atoms with Crippen LogP contribution in [0.3, 0.4) is 0 Å². The first-order valence-electron chi connectivity index (χ1n) is 7.43. The molecule has 0 aliphatic heterocycles. The average Bonchev–Trinajstić information content (AvgIpc) is 2.42. The normalized spacial score (nSPS) is 9.35. The largest absolute Gasteiger partial charge is 0.299 e. The van der Waals surface area contributed by atoms with Gasteiger partial charge in [0, 0.05) is 17.8 Å². The SMILES string of the molecule is C.CC.CCN(C(C)C)C(C)C.SCc1ccccc1. The van der Waals surface area contributed by atoms with E-state index >= 15 is 0 Å². The summed E-state index contributed by atoms with van der Waals surface area (Å²) in [6.07, 6.45) is 0. The quantitative estimate of drug-likeness (QED) is 0.677. The molecule has 20 heavy (non-hydrogen) atoms. The highest BCUT2D eigenvalue weighted by atomic mass is 32.1. The van der Waals surface area contributed by atoms with Gasteiger partial charge in [-0.2, -0.15) is 12.6 Å². The molecule has 2 heteroatoms. The summed E-state index contributed by atoms with van der Waals surface area (Å²) in [6, 6.07) is 11.6. The molecule has 0 atom stereocenters. The molecule has 0 aliphatic rings. The zero-order chi connectivity index (χ0) is 15.3. The predicted octanol–water partition coefficient (Wildman–Crippen LogP) is 5.90. The van der Waals surface area contributed by atoms with E-state index in [1.54, 1.807) is 0 Å². The lowest BCUT2D eigenvalue weighted by molar-refractivity contribution is 0.185. The number of nitrogens with zero attached hydrogens (tertiary/aromatic N) is 1. The van der Waals surface area contributed by atoms with Crippen LogP contribution in [0, 0.1) is 0 Å². The molecule has 0 radical (unpaired) electrons. The van der Waals surface area contributed by atoms with E-state index in [1.165, 1.54) is 5.56 Å². The smallest absolute Gasteiger partial charge is 0.0154 e. The van der Waals surface area contributed by atoms with E-state index in [-0.39, 0.29) is 7.43 Å². The van der Waals surface area contributed by atoms with Crippen LogP contribution < -0.4 is 0 Å². The molecule has 0 bridgehead atoms. The van der Waals surface area contributed by atoms with E-state index in [0.717, 1.165) is 12.3 Å². The molecule has 1 rings (SSSR count). The van der Waals surface area contributed by atoms with E-state index in [4.69, 9.17) is 0 Å². The lowest BCUT2D eigenvalue weighted by atomic mass is 10.2. The van der Waals surface area contributed by atoms with Crippen molar-refractivity contribution in [2.75, 3.05) is 6.54 Å². The maximum Gasteiger partial charge on any atom is 0.0154 e. The van der Waals surface area contributed by atoms with Crippen LogP contribution in [0.25, 0.3) is 0 Å². The zero-order valence-electron chi connectivity index (χ0n) is 13.9. The monoisotopic (exact) mass is 299 g/mol. The van der Waals surface area contributed by atoms with Crippen molar-refractivity contribution < 1.29 is 0 Å². The molecule has 0 saturated carbocycles. The fraction of sp³-hybridized carbons (Fsp3) is 0.667. The van der Waals surface area contributed by atoms with Gasteiger partial charge in [-0.05, 0) is 39.8 Å². The Morgan fingerprint density at radius 1 is 0.950 bits per heavy atom. The number of hydrogen-bond donors (Lipinski definition) is 1. The van der Waals surface area contributed by atoms with Crippen LogP contribution in [-0.2, 0) is 5.75 Å². The van der Waals surface area contributed by atoms with Gasteiger partial charge in [-0.3, -0.25) is 4.90 Å². The summed E-state index contributed by atoms with van der Waals surface area (Å²) in [7, 11) is 0. The van der Waals surface area contributed by atoms with Gasteiger partial charge in [-0.1, -0.05) is 58.5 Å². The number of thiol groups is 1. The van der Waals surface area contributed by atoms with Gasteiger partial charge in [0.1, 0.15) is 0 Å². The molecule has 0 N–H and O–H groups in total. The Labute approximate surface area is 134 Å². The molecule has 0 aromatic heterocycles. The summed E-state index contributed by atoms with van der Waals surface area (Å²) in [5, 5.41) is 0. The Kier molecular flexibility index (Phi) is 20.4. The summed E-state index contributed by atoms with van der Waals surface area (Å²) in [6.45, 7) is 16.3. The van der Waals surface area contributed by atoms with Crippen LogP contribution in [0.15, 0.2) is 30.3 Å². The van der Waals surface area contributed by atoms with Crippen LogP contribution in [0.2, 0.25) is 0 Å². The Morgan fingerprint density at radius 3 is 1.50 bits per heavy atom. The van der Waals surface area contributed by atoms with Crippen molar-refractivity contribution in [3.8, 4) is 0 Å². The lowest BCUT2D eigenvalue weighted by Gasteiger charge is -2.28. The first-order chi connectivity index (χ1) is 9.02. The second-order valence-corrected chi connectivity index (χ2v) is 4.98. The average molecular weight is 300 g/mol. The van der Waals surface area contributed by atoms with Crippen molar-refractivity contribution in [2.24, 2.45) is 0 Å². The Balaban J connectivity index is -0.000000246. The van der Waals surface area contributed by atoms with E-state index in [2.05, 4.69) is 64.3 Å². The second-order valence-electron chi connectivity index (χ2n) is 4.66. The van der Waals surface area contributed by atoms with Crippen molar-refractivity contribution in [3.63, 3.8) is 0 Å². The molecule has 1 aromatic rings. The standard InChI is InChI=1S/C8H19N.C7H8S.C2H6.CH4/c1-6-9(7(2)3)8(4)5;8-6-7-4-2-1-3-5-7;1-2;/h7-8H,6H2,1-5H3;1-5,8H,6H2;1-2H3;1H4. The highest BCUT2D eigenvalue weighted by molar-refractivity contribution is 7.79. The molecule has 0 aliphatic carbocycles. The summed E-state index contributed by atoms with van der Waals surface area (Å²) in [5.74, 6) is 0.834. The van der Waals surface area contributed by atoms with Gasteiger partial charge in [-0.25, -0.2) is 0 Å². The van der Waals surface area contributed by atoms with Gasteiger partial charge >= 0.3 is 0 Å². The molecular formula is C18H37NS. The van der Waals surface area contributed by atoms with E-state index in [9.17, 15) is 0 Å². The van der Waals surface area contributed by atoms with E-state index < -0.39 is 0 Å². The third-order valence-corrected chi connectivity index (χ3v) is 3.08. The number of hydrogen-bond acceptors (Lipinski definition) is 2. The molecule has 0 heterocycles. The number of rotatable bonds is 4. The van der Waals surface area contributed by atoms with Crippen LogP contribution in [-0.4, -0.2) is 23.5 Å². The minimum atomic E-state index is 0. The number of benzene rings is 1. The molecule has 0 saturated heterocycles. The van der Waals surface area contributed by atoms with E-state index in [1.807, 2.05) is 32.0 Å². The molecule has 120 valence electrons. The highest BCUT2D eigenvalue weighted by Crippen LogP contribution is 2.02. The zero-order valence-corrected chi connectivity index (χ0v) is 14.7. The molecule has 0 fully saturated rings. The molecule has 0 amide bonds. The lowest BCUT2D eigenvalue weighted by Crippen LogP contribution is -2.36. The van der Waals surface area contributed by atoms with Crippen molar-refractivity contribution in [2.45, 2.75) is 73.7 Å². The molecule has 1 aromatic carbocycles. The third kappa shape index (κ3) is 12.6.